The van der Waals surface area contributed by atoms with E-state index in [0.717, 1.165) is 0 Å². The molecule has 2 nitrogen and oxygen atoms in total. The Kier molecular flexibility index (Phi) is 9.22. The molecule has 2 aliphatic rings. The van der Waals surface area contributed by atoms with E-state index in [-0.39, 0.29) is 11.8 Å². The van der Waals surface area contributed by atoms with Gasteiger partial charge in [-0.15, -0.1) is 0 Å². The molecule has 2 heteroatoms. The van der Waals surface area contributed by atoms with Crippen molar-refractivity contribution < 1.29 is 10.2 Å². The minimum absolute atomic E-state index is 0.207. The number of phenols is 2. The average molecular weight is 573 g/mol. The van der Waals surface area contributed by atoms with E-state index in [0.29, 0.717) is 29.8 Å². The molecule has 2 aliphatic carbocycles. The van der Waals surface area contributed by atoms with Crippen molar-refractivity contribution in [3.63, 3.8) is 0 Å². The van der Waals surface area contributed by atoms with Gasteiger partial charge >= 0.3 is 0 Å². The van der Waals surface area contributed by atoms with Gasteiger partial charge in [0, 0.05) is 11.8 Å². The smallest absolute Gasteiger partial charge is 0.116 e. The average Bonchev–Trinajstić information content (AvgIpc) is 3.05. The normalized spacial score (nSPS) is 17.9. The number of hydrogen-bond donors (Lipinski definition) is 2. The van der Waals surface area contributed by atoms with Gasteiger partial charge in [0.25, 0.3) is 0 Å². The number of aromatic hydroxyl groups is 2. The van der Waals surface area contributed by atoms with E-state index in [1.807, 2.05) is 12.1 Å². The van der Waals surface area contributed by atoms with Gasteiger partial charge in [-0.2, -0.15) is 0 Å². The lowest BCUT2D eigenvalue weighted by Crippen LogP contribution is -2.15. The van der Waals surface area contributed by atoms with Crippen LogP contribution in [0.15, 0.2) is 84.9 Å². The van der Waals surface area contributed by atoms with Crippen LogP contribution < -0.4 is 0 Å². The fourth-order valence-electron chi connectivity index (χ4n) is 8.31. The number of phenolic OH excluding ortho intramolecular Hbond substituents is 2. The van der Waals surface area contributed by atoms with Crippen LogP contribution in [0, 0.1) is 0 Å². The highest BCUT2D eigenvalue weighted by molar-refractivity contribution is 5.54. The summed E-state index contributed by atoms with van der Waals surface area (Å²) in [7, 11) is 0. The van der Waals surface area contributed by atoms with E-state index in [9.17, 15) is 10.2 Å². The van der Waals surface area contributed by atoms with E-state index in [1.165, 1.54) is 109 Å². The first kappa shape index (κ1) is 29.5. The lowest BCUT2D eigenvalue weighted by Gasteiger charge is -2.31. The molecule has 0 aromatic heterocycles. The molecule has 4 aromatic rings. The minimum atomic E-state index is 0.207. The Morgan fingerprint density at radius 1 is 0.535 bits per heavy atom. The van der Waals surface area contributed by atoms with Crippen molar-refractivity contribution in [3.8, 4) is 11.5 Å². The zero-order valence-corrected chi connectivity index (χ0v) is 26.1. The van der Waals surface area contributed by atoms with E-state index < -0.39 is 0 Å². The topological polar surface area (TPSA) is 40.5 Å². The summed E-state index contributed by atoms with van der Waals surface area (Å²) in [6.07, 6.45) is 13.1. The Morgan fingerprint density at radius 3 is 1.28 bits per heavy atom. The summed E-state index contributed by atoms with van der Waals surface area (Å²) in [6.45, 7) is 4.67. The summed E-state index contributed by atoms with van der Waals surface area (Å²) in [5.41, 5.74) is 10.4. The second-order valence-corrected chi connectivity index (χ2v) is 13.3. The Hall–Kier alpha value is -3.52. The molecule has 0 saturated heterocycles. The van der Waals surface area contributed by atoms with E-state index in [4.69, 9.17) is 0 Å². The van der Waals surface area contributed by atoms with Crippen molar-refractivity contribution in [2.75, 3.05) is 0 Å². The van der Waals surface area contributed by atoms with Crippen LogP contribution in [0.5, 0.6) is 11.5 Å². The molecule has 0 spiro atoms. The number of hydrogen-bond acceptors (Lipinski definition) is 2. The molecule has 0 aliphatic heterocycles. The summed E-state index contributed by atoms with van der Waals surface area (Å²) >= 11 is 0. The summed E-state index contributed by atoms with van der Waals surface area (Å²) < 4.78 is 0. The highest BCUT2D eigenvalue weighted by Gasteiger charge is 2.28. The predicted octanol–water partition coefficient (Wildman–Crippen LogP) is 11.1. The molecule has 2 saturated carbocycles. The van der Waals surface area contributed by atoms with Gasteiger partial charge in [-0.3, -0.25) is 0 Å². The van der Waals surface area contributed by atoms with Crippen LogP contribution in [0.2, 0.25) is 0 Å². The van der Waals surface area contributed by atoms with Gasteiger partial charge in [-0.25, -0.2) is 0 Å². The standard InChI is InChI=1S/C41H48O2/c1-28(30-15-7-3-8-16-30)40-34(24-36(42)26-38(40)32-19-11-5-12-20-32)23-35-25-37(43)27-39(33-21-13-6-14-22-33)41(35)29(2)31-17-9-4-10-18-31/h3-4,7-10,15-18,24-29,32-33,42-43H,5-6,11-14,19-23H2,1-2H3. The highest BCUT2D eigenvalue weighted by Crippen LogP contribution is 2.45. The fraction of sp³-hybridized carbons (Fsp3) is 0.415. The molecule has 6 rings (SSSR count). The molecule has 0 heterocycles. The summed E-state index contributed by atoms with van der Waals surface area (Å²) in [5, 5.41) is 22.4. The van der Waals surface area contributed by atoms with Crippen molar-refractivity contribution in [2.45, 2.75) is 108 Å². The van der Waals surface area contributed by atoms with Crippen molar-refractivity contribution in [1.29, 1.82) is 0 Å². The van der Waals surface area contributed by atoms with E-state index in [2.05, 4.69) is 86.6 Å². The van der Waals surface area contributed by atoms with Gasteiger partial charge in [0.05, 0.1) is 0 Å². The monoisotopic (exact) mass is 572 g/mol. The third-order valence-corrected chi connectivity index (χ3v) is 10.5. The first-order valence-corrected chi connectivity index (χ1v) is 16.8. The Labute approximate surface area is 258 Å². The van der Waals surface area contributed by atoms with Gasteiger partial charge in [0.15, 0.2) is 0 Å². The van der Waals surface area contributed by atoms with Crippen molar-refractivity contribution in [3.05, 3.63) is 129 Å². The molecule has 4 aromatic carbocycles. The largest absolute Gasteiger partial charge is 0.508 e. The maximum absolute atomic E-state index is 11.2. The number of benzene rings is 4. The number of rotatable bonds is 8. The Morgan fingerprint density at radius 2 is 0.907 bits per heavy atom. The summed E-state index contributed by atoms with van der Waals surface area (Å²) in [5.74, 6) is 2.10. The third-order valence-electron chi connectivity index (χ3n) is 10.5. The molecule has 0 radical (unpaired) electrons. The van der Waals surface area contributed by atoms with Crippen LogP contribution in [0.3, 0.4) is 0 Å². The van der Waals surface area contributed by atoms with Crippen LogP contribution in [-0.2, 0) is 6.42 Å². The van der Waals surface area contributed by atoms with Crippen LogP contribution in [0.4, 0.5) is 0 Å². The van der Waals surface area contributed by atoms with Crippen LogP contribution in [0.1, 0.15) is 146 Å². The minimum Gasteiger partial charge on any atom is -0.508 e. The highest BCUT2D eigenvalue weighted by atomic mass is 16.3. The Bertz CT molecular complexity index is 1380. The Balaban J connectivity index is 1.52. The van der Waals surface area contributed by atoms with E-state index >= 15 is 0 Å². The molecule has 2 fully saturated rings. The molecule has 2 N–H and O–H groups in total. The maximum atomic E-state index is 11.2. The van der Waals surface area contributed by atoms with Crippen molar-refractivity contribution >= 4 is 0 Å². The summed E-state index contributed by atoms with van der Waals surface area (Å²) in [4.78, 5) is 0. The van der Waals surface area contributed by atoms with Gasteiger partial charge in [0.1, 0.15) is 11.5 Å². The molecular weight excluding hydrogens is 524 g/mol. The zero-order chi connectivity index (χ0) is 29.8. The molecule has 43 heavy (non-hydrogen) atoms. The molecule has 2 unspecified atom stereocenters. The molecule has 2 atom stereocenters. The fourth-order valence-corrected chi connectivity index (χ4v) is 8.31. The van der Waals surface area contributed by atoms with E-state index in [1.54, 1.807) is 0 Å². The third kappa shape index (κ3) is 6.54. The van der Waals surface area contributed by atoms with Gasteiger partial charge in [0.2, 0.25) is 0 Å². The molecule has 0 bridgehead atoms. The van der Waals surface area contributed by atoms with Gasteiger partial charge < -0.3 is 10.2 Å². The SMILES string of the molecule is CC(c1ccccc1)c1c(Cc2cc(O)cc(C3CCCCC3)c2C(C)c2ccccc2)cc(O)cc1C1CCCCC1. The van der Waals surface area contributed by atoms with Crippen LogP contribution in [0.25, 0.3) is 0 Å². The van der Waals surface area contributed by atoms with Crippen LogP contribution in [-0.4, -0.2) is 10.2 Å². The second-order valence-electron chi connectivity index (χ2n) is 13.3. The van der Waals surface area contributed by atoms with Gasteiger partial charge in [-0.05, 0) is 113 Å². The molecular formula is C41H48O2. The van der Waals surface area contributed by atoms with Gasteiger partial charge in [-0.1, -0.05) is 113 Å². The zero-order valence-electron chi connectivity index (χ0n) is 26.1. The molecule has 224 valence electrons. The lowest BCUT2D eigenvalue weighted by atomic mass is 9.74. The first-order valence-electron chi connectivity index (χ1n) is 16.8. The molecule has 0 amide bonds. The predicted molar refractivity (Wildman–Crippen MR) is 179 cm³/mol. The van der Waals surface area contributed by atoms with Crippen molar-refractivity contribution in [1.82, 2.24) is 0 Å². The quantitative estimate of drug-likeness (QED) is 0.220. The van der Waals surface area contributed by atoms with Crippen molar-refractivity contribution in [2.24, 2.45) is 0 Å². The summed E-state index contributed by atoms with van der Waals surface area (Å²) in [6, 6.07) is 29.9. The van der Waals surface area contributed by atoms with Crippen LogP contribution >= 0.6 is 0 Å². The second kappa shape index (κ2) is 13.4. The maximum Gasteiger partial charge on any atom is 0.116 e. The first-order chi connectivity index (χ1) is 21.0. The lowest BCUT2D eigenvalue weighted by molar-refractivity contribution is 0.434.